The van der Waals surface area contributed by atoms with Gasteiger partial charge in [-0.05, 0) is 49.3 Å². The molecule has 20 heavy (non-hydrogen) atoms. The highest BCUT2D eigenvalue weighted by Gasteiger charge is 2.31. The highest BCUT2D eigenvalue weighted by atomic mass is 35.5. The lowest BCUT2D eigenvalue weighted by Crippen LogP contribution is -2.26. The van der Waals surface area contributed by atoms with E-state index in [9.17, 15) is 0 Å². The molecule has 3 atom stereocenters. The second-order valence-corrected chi connectivity index (χ2v) is 6.43. The van der Waals surface area contributed by atoms with E-state index in [1.54, 1.807) is 0 Å². The van der Waals surface area contributed by atoms with Gasteiger partial charge < -0.3 is 5.32 Å². The van der Waals surface area contributed by atoms with E-state index in [0.29, 0.717) is 27.9 Å². The second-order valence-electron chi connectivity index (χ2n) is 5.62. The first kappa shape index (κ1) is 14.2. The molecule has 2 aliphatic rings. The van der Waals surface area contributed by atoms with E-state index in [2.05, 4.69) is 41.7 Å². The smallest absolute Gasteiger partial charge is 0.0552 e. The molecule has 0 heterocycles. The van der Waals surface area contributed by atoms with E-state index < -0.39 is 0 Å². The predicted octanol–water partition coefficient (Wildman–Crippen LogP) is 5.09. The van der Waals surface area contributed by atoms with E-state index in [1.165, 1.54) is 24.0 Å². The highest BCUT2D eigenvalue weighted by Crippen LogP contribution is 2.45. The van der Waals surface area contributed by atoms with Gasteiger partial charge in [-0.3, -0.25) is 0 Å². The van der Waals surface area contributed by atoms with Gasteiger partial charge in [0.2, 0.25) is 0 Å². The van der Waals surface area contributed by atoms with Crippen LogP contribution >= 0.6 is 23.2 Å². The monoisotopic (exact) mass is 307 g/mol. The first-order valence-corrected chi connectivity index (χ1v) is 7.95. The van der Waals surface area contributed by atoms with E-state index in [1.807, 2.05) is 7.05 Å². The maximum absolute atomic E-state index is 6.21. The van der Waals surface area contributed by atoms with E-state index in [0.717, 1.165) is 6.42 Å². The average Bonchev–Trinajstić information content (AvgIpc) is 2.49. The van der Waals surface area contributed by atoms with Crippen LogP contribution < -0.4 is 5.32 Å². The Labute approximate surface area is 130 Å². The SMILES string of the molecule is CNC1CCC(C2C=C(Cl)C(Cl)=CC2)c2ccccc21. The minimum atomic E-state index is 0.462. The van der Waals surface area contributed by atoms with Crippen molar-refractivity contribution in [3.63, 3.8) is 0 Å². The first-order valence-electron chi connectivity index (χ1n) is 7.20. The van der Waals surface area contributed by atoms with Crippen molar-refractivity contribution < 1.29 is 0 Å². The Morgan fingerprint density at radius 1 is 1.05 bits per heavy atom. The number of allylic oxidation sites excluding steroid dienone is 4. The van der Waals surface area contributed by atoms with Gasteiger partial charge in [0.05, 0.1) is 10.1 Å². The third kappa shape index (κ3) is 2.55. The molecule has 2 aliphatic carbocycles. The number of fused-ring (bicyclic) bond motifs is 1. The molecule has 3 rings (SSSR count). The Morgan fingerprint density at radius 2 is 1.80 bits per heavy atom. The molecule has 0 spiro atoms. The van der Waals surface area contributed by atoms with Crippen LogP contribution in [0.25, 0.3) is 0 Å². The zero-order valence-electron chi connectivity index (χ0n) is 11.6. The van der Waals surface area contributed by atoms with E-state index >= 15 is 0 Å². The molecule has 106 valence electrons. The molecule has 0 bridgehead atoms. The van der Waals surface area contributed by atoms with Crippen LogP contribution in [0.3, 0.4) is 0 Å². The molecule has 0 radical (unpaired) electrons. The van der Waals surface area contributed by atoms with Crippen molar-refractivity contribution in [1.82, 2.24) is 5.32 Å². The van der Waals surface area contributed by atoms with Crippen molar-refractivity contribution in [2.24, 2.45) is 5.92 Å². The summed E-state index contributed by atoms with van der Waals surface area (Å²) >= 11 is 12.3. The number of halogens is 2. The number of hydrogen-bond donors (Lipinski definition) is 1. The maximum atomic E-state index is 6.21. The second kappa shape index (κ2) is 5.93. The van der Waals surface area contributed by atoms with Gasteiger partial charge in [0.1, 0.15) is 0 Å². The molecular weight excluding hydrogens is 289 g/mol. The van der Waals surface area contributed by atoms with Crippen LogP contribution in [0.4, 0.5) is 0 Å². The summed E-state index contributed by atoms with van der Waals surface area (Å²) < 4.78 is 0. The molecule has 0 saturated carbocycles. The Kier molecular flexibility index (Phi) is 4.21. The quantitative estimate of drug-likeness (QED) is 0.802. The summed E-state index contributed by atoms with van der Waals surface area (Å²) in [6.45, 7) is 0. The zero-order chi connectivity index (χ0) is 14.1. The standard InChI is InChI=1S/C17H19Cl2N/c1-20-17-9-7-12(13-4-2-3-5-14(13)17)11-6-8-15(18)16(19)10-11/h2-5,8,10-12,17,20H,6-7,9H2,1H3. The minimum Gasteiger partial charge on any atom is -0.313 e. The molecule has 3 unspecified atom stereocenters. The molecule has 0 aromatic heterocycles. The highest BCUT2D eigenvalue weighted by molar-refractivity contribution is 6.44. The summed E-state index contributed by atoms with van der Waals surface area (Å²) in [6.07, 6.45) is 7.56. The normalized spacial score (nSPS) is 29.4. The third-order valence-corrected chi connectivity index (χ3v) is 5.34. The van der Waals surface area contributed by atoms with Crippen LogP contribution in [0.15, 0.2) is 46.5 Å². The lowest BCUT2D eigenvalue weighted by molar-refractivity contribution is 0.387. The number of rotatable bonds is 2. The van der Waals surface area contributed by atoms with Crippen molar-refractivity contribution in [3.05, 3.63) is 57.6 Å². The average molecular weight is 308 g/mol. The number of nitrogens with one attached hydrogen (secondary N) is 1. The van der Waals surface area contributed by atoms with Gasteiger partial charge in [0.25, 0.3) is 0 Å². The molecule has 0 saturated heterocycles. The Morgan fingerprint density at radius 3 is 2.50 bits per heavy atom. The predicted molar refractivity (Wildman–Crippen MR) is 86.2 cm³/mol. The van der Waals surface area contributed by atoms with Crippen molar-refractivity contribution in [2.75, 3.05) is 7.05 Å². The summed E-state index contributed by atoms with van der Waals surface area (Å²) in [5.74, 6) is 1.01. The Hall–Kier alpha value is -0.760. The summed E-state index contributed by atoms with van der Waals surface area (Å²) in [4.78, 5) is 0. The number of hydrogen-bond acceptors (Lipinski definition) is 1. The fourth-order valence-corrected chi connectivity index (χ4v) is 3.91. The van der Waals surface area contributed by atoms with E-state index in [4.69, 9.17) is 23.2 Å². The van der Waals surface area contributed by atoms with Gasteiger partial charge in [0, 0.05) is 6.04 Å². The Balaban J connectivity index is 1.93. The van der Waals surface area contributed by atoms with Gasteiger partial charge in [0.15, 0.2) is 0 Å². The Bertz CT molecular complexity index is 562. The molecule has 1 nitrogen and oxygen atoms in total. The zero-order valence-corrected chi connectivity index (χ0v) is 13.1. The van der Waals surface area contributed by atoms with Crippen molar-refractivity contribution in [2.45, 2.75) is 31.2 Å². The third-order valence-electron chi connectivity index (χ3n) is 4.56. The summed E-state index contributed by atoms with van der Waals surface area (Å²) in [5, 5.41) is 4.82. The topological polar surface area (TPSA) is 12.0 Å². The number of benzene rings is 1. The minimum absolute atomic E-state index is 0.462. The van der Waals surface area contributed by atoms with Gasteiger partial charge in [-0.25, -0.2) is 0 Å². The summed E-state index contributed by atoms with van der Waals surface area (Å²) in [7, 11) is 2.04. The van der Waals surface area contributed by atoms with E-state index in [-0.39, 0.29) is 0 Å². The van der Waals surface area contributed by atoms with Gasteiger partial charge >= 0.3 is 0 Å². The molecule has 1 N–H and O–H groups in total. The van der Waals surface area contributed by atoms with Crippen LogP contribution in [-0.2, 0) is 0 Å². The molecule has 3 heteroatoms. The van der Waals surface area contributed by atoms with Gasteiger partial charge in [-0.2, -0.15) is 0 Å². The van der Waals surface area contributed by atoms with Crippen molar-refractivity contribution >= 4 is 23.2 Å². The molecule has 0 fully saturated rings. The fraction of sp³-hybridized carbons (Fsp3) is 0.412. The largest absolute Gasteiger partial charge is 0.313 e. The summed E-state index contributed by atoms with van der Waals surface area (Å²) in [5.41, 5.74) is 2.91. The van der Waals surface area contributed by atoms with Crippen LogP contribution in [0.1, 0.15) is 42.3 Å². The molecule has 0 amide bonds. The molecular formula is C17H19Cl2N. The van der Waals surface area contributed by atoms with Gasteiger partial charge in [-0.15, -0.1) is 0 Å². The lowest BCUT2D eigenvalue weighted by atomic mass is 9.72. The molecule has 1 aromatic carbocycles. The fourth-order valence-electron chi connectivity index (χ4n) is 3.52. The van der Waals surface area contributed by atoms with Crippen LogP contribution in [0, 0.1) is 5.92 Å². The molecule has 1 aromatic rings. The van der Waals surface area contributed by atoms with Crippen LogP contribution in [0.5, 0.6) is 0 Å². The van der Waals surface area contributed by atoms with Crippen LogP contribution in [0.2, 0.25) is 0 Å². The summed E-state index contributed by atoms with van der Waals surface area (Å²) in [6, 6.07) is 9.27. The van der Waals surface area contributed by atoms with Gasteiger partial charge in [-0.1, -0.05) is 59.6 Å². The van der Waals surface area contributed by atoms with Crippen molar-refractivity contribution in [1.29, 1.82) is 0 Å². The maximum Gasteiger partial charge on any atom is 0.0552 e. The first-order chi connectivity index (χ1) is 9.70. The lowest BCUT2D eigenvalue weighted by Gasteiger charge is -2.35. The van der Waals surface area contributed by atoms with Crippen molar-refractivity contribution in [3.8, 4) is 0 Å². The molecule has 0 aliphatic heterocycles. The van der Waals surface area contributed by atoms with Crippen LogP contribution in [-0.4, -0.2) is 7.05 Å².